The Morgan fingerprint density at radius 1 is 1.54 bits per heavy atom. The first kappa shape index (κ1) is 10.5. The second-order valence-corrected chi connectivity index (χ2v) is 6.05. The molecule has 1 aromatic rings. The van der Waals surface area contributed by atoms with E-state index in [0.717, 1.165) is 0 Å². The summed E-state index contributed by atoms with van der Waals surface area (Å²) in [6.45, 7) is 5.05. The fraction of sp³-hybridized carbons (Fsp3) is 0.571. The molecule has 1 heterocycles. The molecule has 0 aliphatic carbocycles. The summed E-state index contributed by atoms with van der Waals surface area (Å²) < 4.78 is 25.3. The van der Waals surface area contributed by atoms with Crippen LogP contribution in [0, 0.1) is 6.92 Å². The number of thiazole rings is 1. The number of nitrogens with zero attached hydrogens (tertiary/aromatic N) is 1. The molecular weight excluding hydrogens is 208 g/mol. The molecule has 0 saturated carbocycles. The first-order chi connectivity index (χ1) is 5.93. The number of hydrogen-bond acceptors (Lipinski definition) is 4. The lowest BCUT2D eigenvalue weighted by Gasteiger charge is -2.08. The zero-order chi connectivity index (χ0) is 10.1. The SMILES string of the molecule is Cc1ncsc1NS(=O)(=O)C(C)C. The topological polar surface area (TPSA) is 59.1 Å². The molecule has 1 aromatic heterocycles. The van der Waals surface area contributed by atoms with E-state index in [4.69, 9.17) is 0 Å². The summed E-state index contributed by atoms with van der Waals surface area (Å²) in [5, 5.41) is 0.183. The van der Waals surface area contributed by atoms with Crippen molar-refractivity contribution in [2.24, 2.45) is 0 Å². The van der Waals surface area contributed by atoms with Crippen LogP contribution in [0.15, 0.2) is 5.51 Å². The standard InChI is InChI=1S/C7H12N2O2S2/c1-5(2)13(10,11)9-7-6(3)8-4-12-7/h4-5,9H,1-3H3. The van der Waals surface area contributed by atoms with Crippen LogP contribution < -0.4 is 4.72 Å². The molecule has 0 radical (unpaired) electrons. The van der Waals surface area contributed by atoms with Gasteiger partial charge in [0.2, 0.25) is 10.0 Å². The number of aryl methyl sites for hydroxylation is 1. The molecule has 0 bridgehead atoms. The fourth-order valence-corrected chi connectivity index (χ4v) is 2.37. The van der Waals surface area contributed by atoms with Crippen molar-refractivity contribution in [3.05, 3.63) is 11.2 Å². The molecule has 1 N–H and O–H groups in total. The third-order valence-electron chi connectivity index (χ3n) is 1.60. The van der Waals surface area contributed by atoms with Crippen molar-refractivity contribution < 1.29 is 8.42 Å². The van der Waals surface area contributed by atoms with Crippen LogP contribution in [-0.2, 0) is 10.0 Å². The summed E-state index contributed by atoms with van der Waals surface area (Å²) in [5.74, 6) is 0. The smallest absolute Gasteiger partial charge is 0.235 e. The molecule has 13 heavy (non-hydrogen) atoms. The highest BCUT2D eigenvalue weighted by atomic mass is 32.2. The number of anilines is 1. The third kappa shape index (κ3) is 2.41. The Kier molecular flexibility index (Phi) is 2.92. The third-order valence-corrected chi connectivity index (χ3v) is 4.30. The van der Waals surface area contributed by atoms with Gasteiger partial charge in [-0.15, -0.1) is 11.3 Å². The van der Waals surface area contributed by atoms with E-state index < -0.39 is 15.3 Å². The van der Waals surface area contributed by atoms with Gasteiger partial charge in [-0.3, -0.25) is 4.72 Å². The summed E-state index contributed by atoms with van der Waals surface area (Å²) in [6, 6.07) is 0. The van der Waals surface area contributed by atoms with E-state index in [2.05, 4.69) is 9.71 Å². The minimum atomic E-state index is -3.22. The quantitative estimate of drug-likeness (QED) is 0.841. The van der Waals surface area contributed by atoms with Crippen molar-refractivity contribution in [2.75, 3.05) is 4.72 Å². The van der Waals surface area contributed by atoms with Crippen LogP contribution in [0.4, 0.5) is 5.00 Å². The Morgan fingerprint density at radius 2 is 2.15 bits per heavy atom. The van der Waals surface area contributed by atoms with E-state index in [9.17, 15) is 8.42 Å². The van der Waals surface area contributed by atoms with Gasteiger partial charge < -0.3 is 0 Å². The zero-order valence-corrected chi connectivity index (χ0v) is 9.37. The van der Waals surface area contributed by atoms with Crippen LogP contribution in [0.5, 0.6) is 0 Å². The van der Waals surface area contributed by atoms with E-state index in [1.807, 2.05) is 0 Å². The maximum Gasteiger partial charge on any atom is 0.235 e. The molecule has 1 rings (SSSR count). The van der Waals surface area contributed by atoms with Crippen molar-refractivity contribution in [1.82, 2.24) is 4.98 Å². The monoisotopic (exact) mass is 220 g/mol. The average molecular weight is 220 g/mol. The molecule has 6 heteroatoms. The number of rotatable bonds is 3. The normalized spacial score (nSPS) is 12.0. The average Bonchev–Trinajstić information content (AvgIpc) is 2.35. The van der Waals surface area contributed by atoms with Crippen LogP contribution in [0.3, 0.4) is 0 Å². The lowest BCUT2D eigenvalue weighted by Crippen LogP contribution is -2.22. The van der Waals surface area contributed by atoms with Crippen molar-refractivity contribution in [3.8, 4) is 0 Å². The van der Waals surface area contributed by atoms with Gasteiger partial charge >= 0.3 is 0 Å². The van der Waals surface area contributed by atoms with Gasteiger partial charge in [0, 0.05) is 0 Å². The number of hydrogen-bond donors (Lipinski definition) is 1. The molecule has 0 aliphatic rings. The maximum atomic E-state index is 11.4. The Morgan fingerprint density at radius 3 is 2.54 bits per heavy atom. The van der Waals surface area contributed by atoms with Crippen LogP contribution in [0.2, 0.25) is 0 Å². The van der Waals surface area contributed by atoms with Gasteiger partial charge in [-0.2, -0.15) is 0 Å². The van der Waals surface area contributed by atoms with Gasteiger partial charge in [0.05, 0.1) is 16.5 Å². The van der Waals surface area contributed by atoms with Gasteiger partial charge in [-0.25, -0.2) is 13.4 Å². The Balaban J connectivity index is 2.88. The highest BCUT2D eigenvalue weighted by Gasteiger charge is 2.17. The maximum absolute atomic E-state index is 11.4. The van der Waals surface area contributed by atoms with Crippen molar-refractivity contribution in [1.29, 1.82) is 0 Å². The molecule has 0 atom stereocenters. The molecule has 0 spiro atoms. The summed E-state index contributed by atoms with van der Waals surface area (Å²) in [4.78, 5) is 3.95. The molecule has 0 fully saturated rings. The van der Waals surface area contributed by atoms with Crippen LogP contribution in [0.1, 0.15) is 19.5 Å². The summed E-state index contributed by atoms with van der Waals surface area (Å²) in [6.07, 6.45) is 0. The van der Waals surface area contributed by atoms with Crippen LogP contribution in [0.25, 0.3) is 0 Å². The second-order valence-electron chi connectivity index (χ2n) is 2.96. The highest BCUT2D eigenvalue weighted by molar-refractivity contribution is 7.93. The van der Waals surface area contributed by atoms with E-state index in [0.29, 0.717) is 10.7 Å². The lowest BCUT2D eigenvalue weighted by molar-refractivity contribution is 0.593. The highest BCUT2D eigenvalue weighted by Crippen LogP contribution is 2.21. The Hall–Kier alpha value is -0.620. The predicted octanol–water partition coefficient (Wildman–Crippen LogP) is 1.60. The van der Waals surface area contributed by atoms with E-state index >= 15 is 0 Å². The molecule has 74 valence electrons. The number of sulfonamides is 1. The molecule has 0 aliphatic heterocycles. The minimum Gasteiger partial charge on any atom is -0.273 e. The van der Waals surface area contributed by atoms with Gasteiger partial charge in [0.25, 0.3) is 0 Å². The minimum absolute atomic E-state index is 0.422. The molecular formula is C7H12N2O2S2. The number of aromatic nitrogens is 1. The van der Waals surface area contributed by atoms with Gasteiger partial charge in [0.1, 0.15) is 5.00 Å². The lowest BCUT2D eigenvalue weighted by atomic mass is 10.5. The molecule has 4 nitrogen and oxygen atoms in total. The van der Waals surface area contributed by atoms with Crippen molar-refractivity contribution >= 4 is 26.4 Å². The first-order valence-electron chi connectivity index (χ1n) is 3.85. The summed E-state index contributed by atoms with van der Waals surface area (Å²) >= 11 is 1.29. The second kappa shape index (κ2) is 3.63. The van der Waals surface area contributed by atoms with Gasteiger partial charge in [-0.1, -0.05) is 0 Å². The van der Waals surface area contributed by atoms with Gasteiger partial charge in [0.15, 0.2) is 0 Å². The van der Waals surface area contributed by atoms with E-state index in [1.54, 1.807) is 26.3 Å². The summed E-state index contributed by atoms with van der Waals surface area (Å²) in [5.41, 5.74) is 2.34. The molecule has 0 amide bonds. The number of nitrogens with one attached hydrogen (secondary N) is 1. The van der Waals surface area contributed by atoms with Crippen molar-refractivity contribution in [3.63, 3.8) is 0 Å². The zero-order valence-electron chi connectivity index (χ0n) is 7.73. The molecule has 0 aromatic carbocycles. The largest absolute Gasteiger partial charge is 0.273 e. The molecule has 0 unspecified atom stereocenters. The predicted molar refractivity (Wildman–Crippen MR) is 54.5 cm³/mol. The fourth-order valence-electron chi connectivity index (χ4n) is 0.647. The summed E-state index contributed by atoms with van der Waals surface area (Å²) in [7, 11) is -3.22. The van der Waals surface area contributed by atoms with E-state index in [-0.39, 0.29) is 0 Å². The first-order valence-corrected chi connectivity index (χ1v) is 6.28. The Labute approximate surface area is 82.1 Å². The van der Waals surface area contributed by atoms with Gasteiger partial charge in [-0.05, 0) is 20.8 Å². The van der Waals surface area contributed by atoms with Crippen LogP contribution in [-0.4, -0.2) is 18.7 Å². The molecule has 0 saturated heterocycles. The Bertz CT molecular complexity index is 381. The van der Waals surface area contributed by atoms with Crippen LogP contribution >= 0.6 is 11.3 Å². The van der Waals surface area contributed by atoms with E-state index in [1.165, 1.54) is 11.3 Å². The van der Waals surface area contributed by atoms with Crippen molar-refractivity contribution in [2.45, 2.75) is 26.0 Å².